The molecule has 1 aromatic carbocycles. The van der Waals surface area contributed by atoms with E-state index in [0.29, 0.717) is 0 Å². The first-order valence-corrected chi connectivity index (χ1v) is 8.10. The number of hydrogen-bond acceptors (Lipinski definition) is 2. The van der Waals surface area contributed by atoms with Crippen LogP contribution in [0.1, 0.15) is 24.8 Å². The molecule has 2 aliphatic carbocycles. The van der Waals surface area contributed by atoms with Gasteiger partial charge < -0.3 is 5.32 Å². The molecule has 19 heavy (non-hydrogen) atoms. The van der Waals surface area contributed by atoms with E-state index < -0.39 is 0 Å². The second kappa shape index (κ2) is 4.46. The Kier molecular flexibility index (Phi) is 2.75. The van der Waals surface area contributed by atoms with E-state index in [1.54, 1.807) is 11.1 Å². The van der Waals surface area contributed by atoms with Gasteiger partial charge in [-0.1, -0.05) is 18.2 Å². The van der Waals surface area contributed by atoms with Crippen molar-refractivity contribution in [2.24, 2.45) is 11.8 Å². The van der Waals surface area contributed by atoms with Gasteiger partial charge in [0.15, 0.2) is 0 Å². The van der Waals surface area contributed by atoms with Crippen LogP contribution in [-0.2, 0) is 0 Å². The molecule has 1 nitrogen and oxygen atoms in total. The van der Waals surface area contributed by atoms with E-state index in [-0.39, 0.29) is 0 Å². The first-order chi connectivity index (χ1) is 9.38. The maximum absolute atomic E-state index is 3.38. The van der Waals surface area contributed by atoms with Crippen molar-refractivity contribution in [2.45, 2.75) is 19.3 Å². The summed E-state index contributed by atoms with van der Waals surface area (Å²) in [6.45, 7) is 1.07. The number of hydrogen-bond donors (Lipinski definition) is 1. The van der Waals surface area contributed by atoms with Crippen LogP contribution in [-0.4, -0.2) is 13.6 Å². The summed E-state index contributed by atoms with van der Waals surface area (Å²) in [5.74, 6) is 1.67. The SMILES string of the molecule is CNCC1=C(c2cccc3ccsc23)[C@@H]2CC[C@H]1C2. The van der Waals surface area contributed by atoms with E-state index >= 15 is 0 Å². The van der Waals surface area contributed by atoms with Crippen molar-refractivity contribution >= 4 is 27.0 Å². The minimum atomic E-state index is 0.820. The monoisotopic (exact) mass is 269 g/mol. The summed E-state index contributed by atoms with van der Waals surface area (Å²) in [5, 5.41) is 7.01. The average molecular weight is 269 g/mol. The van der Waals surface area contributed by atoms with Crippen LogP contribution < -0.4 is 5.32 Å². The minimum absolute atomic E-state index is 0.820. The van der Waals surface area contributed by atoms with Gasteiger partial charge in [-0.05, 0) is 71.7 Å². The van der Waals surface area contributed by atoms with E-state index in [9.17, 15) is 0 Å². The molecule has 0 amide bonds. The maximum Gasteiger partial charge on any atom is 0.0417 e. The molecule has 1 fully saturated rings. The highest BCUT2D eigenvalue weighted by Crippen LogP contribution is 2.53. The van der Waals surface area contributed by atoms with Crippen molar-refractivity contribution in [3.8, 4) is 0 Å². The normalized spacial score (nSPS) is 25.7. The zero-order chi connectivity index (χ0) is 12.8. The smallest absolute Gasteiger partial charge is 0.0417 e. The molecule has 1 saturated carbocycles. The molecule has 2 atom stereocenters. The van der Waals surface area contributed by atoms with Gasteiger partial charge in [0.2, 0.25) is 0 Å². The summed E-state index contributed by atoms with van der Waals surface area (Å²) in [5.41, 5.74) is 4.89. The first-order valence-electron chi connectivity index (χ1n) is 7.22. The number of likely N-dealkylation sites (N-methyl/N-ethyl adjacent to an activating group) is 1. The lowest BCUT2D eigenvalue weighted by atomic mass is 9.87. The fourth-order valence-corrected chi connectivity index (χ4v) is 5.00. The average Bonchev–Trinajstić information content (AvgIpc) is 3.13. The van der Waals surface area contributed by atoms with Gasteiger partial charge in [0, 0.05) is 11.2 Å². The predicted octanol–water partition coefficient (Wildman–Crippen LogP) is 4.30. The molecule has 0 saturated heterocycles. The molecule has 1 heterocycles. The third-order valence-corrected chi connectivity index (χ3v) is 5.78. The molecule has 0 radical (unpaired) electrons. The largest absolute Gasteiger partial charge is 0.316 e. The Morgan fingerprint density at radius 1 is 1.21 bits per heavy atom. The standard InChI is InChI=1S/C17H19NS/c1-18-10-15-12-5-6-13(9-12)16(15)14-4-2-3-11-7-8-19-17(11)14/h2-4,7-8,12-13,18H,5-6,9-10H2,1H3/t12-,13+/m0/s1. The summed E-state index contributed by atoms with van der Waals surface area (Å²) in [6.07, 6.45) is 4.20. The summed E-state index contributed by atoms with van der Waals surface area (Å²) in [6, 6.07) is 9.04. The van der Waals surface area contributed by atoms with Crippen LogP contribution in [0.2, 0.25) is 0 Å². The van der Waals surface area contributed by atoms with Crippen molar-refractivity contribution in [1.29, 1.82) is 0 Å². The predicted molar refractivity (Wildman–Crippen MR) is 83.5 cm³/mol. The van der Waals surface area contributed by atoms with Gasteiger partial charge in [-0.15, -0.1) is 11.3 Å². The third-order valence-electron chi connectivity index (χ3n) is 4.82. The molecule has 2 aromatic rings. The van der Waals surface area contributed by atoms with Crippen molar-refractivity contribution in [1.82, 2.24) is 5.32 Å². The van der Waals surface area contributed by atoms with Crippen LogP contribution in [0.3, 0.4) is 0 Å². The number of nitrogens with one attached hydrogen (secondary N) is 1. The van der Waals surface area contributed by atoms with E-state index in [2.05, 4.69) is 42.0 Å². The van der Waals surface area contributed by atoms with Gasteiger partial charge in [-0.2, -0.15) is 0 Å². The lowest BCUT2D eigenvalue weighted by Gasteiger charge is -2.20. The fourth-order valence-electron chi connectivity index (χ4n) is 4.07. The highest BCUT2D eigenvalue weighted by Gasteiger charge is 2.39. The molecular weight excluding hydrogens is 250 g/mol. The molecule has 0 unspecified atom stereocenters. The van der Waals surface area contributed by atoms with Crippen LogP contribution in [0, 0.1) is 11.8 Å². The van der Waals surface area contributed by atoms with Crippen molar-refractivity contribution in [2.75, 3.05) is 13.6 Å². The summed E-state index contributed by atoms with van der Waals surface area (Å²) < 4.78 is 1.48. The van der Waals surface area contributed by atoms with Gasteiger partial charge in [0.05, 0.1) is 0 Å². The Labute approximate surface area is 118 Å². The second-order valence-electron chi connectivity index (χ2n) is 5.82. The van der Waals surface area contributed by atoms with Crippen LogP contribution in [0.5, 0.6) is 0 Å². The lowest BCUT2D eigenvalue weighted by molar-refractivity contribution is 0.627. The molecule has 1 aromatic heterocycles. The van der Waals surface area contributed by atoms with E-state index in [1.165, 1.54) is 34.9 Å². The van der Waals surface area contributed by atoms with Crippen LogP contribution in [0.4, 0.5) is 0 Å². The van der Waals surface area contributed by atoms with Crippen LogP contribution in [0.15, 0.2) is 35.2 Å². The second-order valence-corrected chi connectivity index (χ2v) is 6.74. The Morgan fingerprint density at radius 2 is 2.11 bits per heavy atom. The van der Waals surface area contributed by atoms with Gasteiger partial charge >= 0.3 is 0 Å². The first kappa shape index (κ1) is 11.7. The summed E-state index contributed by atoms with van der Waals surface area (Å²) in [7, 11) is 2.07. The quantitative estimate of drug-likeness (QED) is 0.875. The number of fused-ring (bicyclic) bond motifs is 3. The number of benzene rings is 1. The van der Waals surface area contributed by atoms with E-state index in [4.69, 9.17) is 0 Å². The maximum atomic E-state index is 3.38. The van der Waals surface area contributed by atoms with Gasteiger partial charge in [0.25, 0.3) is 0 Å². The van der Waals surface area contributed by atoms with Crippen LogP contribution in [0.25, 0.3) is 15.7 Å². The Balaban J connectivity index is 1.92. The van der Waals surface area contributed by atoms with Crippen molar-refractivity contribution in [3.05, 3.63) is 40.8 Å². The molecule has 1 N–H and O–H groups in total. The number of allylic oxidation sites excluding steroid dienone is 1. The molecule has 2 aliphatic rings. The zero-order valence-corrected chi connectivity index (χ0v) is 12.1. The molecule has 4 rings (SSSR count). The van der Waals surface area contributed by atoms with Gasteiger partial charge in [0.1, 0.15) is 0 Å². The number of thiophene rings is 1. The molecular formula is C17H19NS. The molecule has 0 spiro atoms. The van der Waals surface area contributed by atoms with Gasteiger partial charge in [-0.25, -0.2) is 0 Å². The Hall–Kier alpha value is -1.12. The Bertz CT molecular complexity index is 652. The summed E-state index contributed by atoms with van der Waals surface area (Å²) >= 11 is 1.89. The van der Waals surface area contributed by atoms with Crippen molar-refractivity contribution < 1.29 is 0 Å². The molecule has 0 aliphatic heterocycles. The number of rotatable bonds is 3. The summed E-state index contributed by atoms with van der Waals surface area (Å²) in [4.78, 5) is 0. The van der Waals surface area contributed by atoms with Crippen molar-refractivity contribution in [3.63, 3.8) is 0 Å². The van der Waals surface area contributed by atoms with Crippen LogP contribution >= 0.6 is 11.3 Å². The third kappa shape index (κ3) is 1.70. The molecule has 2 bridgehead atoms. The highest BCUT2D eigenvalue weighted by molar-refractivity contribution is 7.17. The Morgan fingerprint density at radius 3 is 3.00 bits per heavy atom. The highest BCUT2D eigenvalue weighted by atomic mass is 32.1. The topological polar surface area (TPSA) is 12.0 Å². The zero-order valence-electron chi connectivity index (χ0n) is 11.3. The van der Waals surface area contributed by atoms with Gasteiger partial charge in [-0.3, -0.25) is 0 Å². The molecule has 2 heteroatoms. The van der Waals surface area contributed by atoms with E-state index in [0.717, 1.165) is 18.4 Å². The lowest BCUT2D eigenvalue weighted by Crippen LogP contribution is -2.16. The minimum Gasteiger partial charge on any atom is -0.316 e. The molecule has 98 valence electrons. The fraction of sp³-hybridized carbons (Fsp3) is 0.412. The van der Waals surface area contributed by atoms with E-state index in [1.807, 2.05) is 11.3 Å².